The van der Waals surface area contributed by atoms with Gasteiger partial charge < -0.3 is 15.4 Å². The first-order valence-corrected chi connectivity index (χ1v) is 6.03. The Balaban J connectivity index is 2.37. The molecule has 0 bridgehead atoms. The van der Waals surface area contributed by atoms with Crippen LogP contribution in [0.3, 0.4) is 0 Å². The summed E-state index contributed by atoms with van der Waals surface area (Å²) in [5.74, 6) is 1.42. The lowest BCUT2D eigenvalue weighted by molar-refractivity contribution is 0.415. The molecule has 0 aliphatic carbocycles. The second kappa shape index (κ2) is 5.62. The molecule has 0 aliphatic rings. The summed E-state index contributed by atoms with van der Waals surface area (Å²) in [6.07, 6.45) is 3.18. The summed E-state index contributed by atoms with van der Waals surface area (Å²) in [7, 11) is 3.51. The van der Waals surface area contributed by atoms with E-state index in [1.54, 1.807) is 19.5 Å². The van der Waals surface area contributed by atoms with E-state index in [2.05, 4.69) is 9.97 Å². The Hall–Kier alpha value is -2.21. The number of ether oxygens (including phenoxy) is 1. The van der Waals surface area contributed by atoms with Crippen LogP contribution in [0.4, 0.5) is 11.5 Å². The van der Waals surface area contributed by atoms with Crippen LogP contribution in [0, 0.1) is 0 Å². The lowest BCUT2D eigenvalue weighted by Crippen LogP contribution is -2.20. The summed E-state index contributed by atoms with van der Waals surface area (Å²) in [5, 5.41) is 0. The Labute approximate surface area is 117 Å². The summed E-state index contributed by atoms with van der Waals surface area (Å²) in [5.41, 5.74) is 7.11. The van der Waals surface area contributed by atoms with Gasteiger partial charge in [0.15, 0.2) is 5.82 Å². The van der Waals surface area contributed by atoms with Crippen molar-refractivity contribution in [2.45, 2.75) is 0 Å². The van der Waals surface area contributed by atoms with Crippen molar-refractivity contribution in [2.24, 2.45) is 5.73 Å². The zero-order chi connectivity index (χ0) is 13.8. The highest BCUT2D eigenvalue weighted by molar-refractivity contribution is 7.80. The van der Waals surface area contributed by atoms with E-state index in [1.165, 1.54) is 0 Å². The Morgan fingerprint density at radius 1 is 1.21 bits per heavy atom. The standard InChI is InChI=1S/C13H14N4OS/c1-17(9-3-5-10(18-2)6-4-9)13-11(12(14)19)15-7-8-16-13/h3-8H,1-2H3,(H2,14,19). The zero-order valence-electron chi connectivity index (χ0n) is 10.7. The second-order valence-corrected chi connectivity index (χ2v) is 4.29. The fraction of sp³-hybridized carbons (Fsp3) is 0.154. The van der Waals surface area contributed by atoms with E-state index in [1.807, 2.05) is 36.2 Å². The molecule has 0 saturated carbocycles. The van der Waals surface area contributed by atoms with E-state index < -0.39 is 0 Å². The molecule has 19 heavy (non-hydrogen) atoms. The number of methoxy groups -OCH3 is 1. The number of anilines is 2. The summed E-state index contributed by atoms with van der Waals surface area (Å²) in [6.45, 7) is 0. The molecule has 2 N–H and O–H groups in total. The summed E-state index contributed by atoms with van der Waals surface area (Å²) >= 11 is 4.99. The third-order valence-electron chi connectivity index (χ3n) is 2.69. The molecule has 98 valence electrons. The van der Waals surface area contributed by atoms with Crippen molar-refractivity contribution in [3.8, 4) is 5.75 Å². The van der Waals surface area contributed by atoms with Crippen LogP contribution in [-0.4, -0.2) is 29.1 Å². The minimum absolute atomic E-state index is 0.225. The number of hydrogen-bond donors (Lipinski definition) is 1. The molecule has 0 saturated heterocycles. The number of aromatic nitrogens is 2. The predicted molar refractivity (Wildman–Crippen MR) is 79.0 cm³/mol. The highest BCUT2D eigenvalue weighted by atomic mass is 32.1. The Kier molecular flexibility index (Phi) is 3.91. The van der Waals surface area contributed by atoms with Gasteiger partial charge in [-0.25, -0.2) is 9.97 Å². The molecule has 0 unspecified atom stereocenters. The highest BCUT2D eigenvalue weighted by Crippen LogP contribution is 2.25. The van der Waals surface area contributed by atoms with Crippen molar-refractivity contribution in [2.75, 3.05) is 19.1 Å². The average molecular weight is 274 g/mol. The van der Waals surface area contributed by atoms with Crippen molar-refractivity contribution in [3.05, 3.63) is 42.4 Å². The fourth-order valence-corrected chi connectivity index (χ4v) is 1.82. The number of rotatable bonds is 4. The van der Waals surface area contributed by atoms with E-state index in [-0.39, 0.29) is 4.99 Å². The highest BCUT2D eigenvalue weighted by Gasteiger charge is 2.13. The molecule has 5 nitrogen and oxygen atoms in total. The second-order valence-electron chi connectivity index (χ2n) is 3.85. The first kappa shape index (κ1) is 13.2. The van der Waals surface area contributed by atoms with Crippen LogP contribution in [0.5, 0.6) is 5.75 Å². The van der Waals surface area contributed by atoms with Crippen LogP contribution in [0.25, 0.3) is 0 Å². The smallest absolute Gasteiger partial charge is 0.161 e. The van der Waals surface area contributed by atoms with Crippen molar-refractivity contribution >= 4 is 28.7 Å². The van der Waals surface area contributed by atoms with Gasteiger partial charge in [-0.2, -0.15) is 0 Å². The minimum atomic E-state index is 0.225. The van der Waals surface area contributed by atoms with Gasteiger partial charge in [-0.15, -0.1) is 0 Å². The number of thiocarbonyl (C=S) groups is 1. The van der Waals surface area contributed by atoms with Gasteiger partial charge in [-0.3, -0.25) is 0 Å². The lowest BCUT2D eigenvalue weighted by Gasteiger charge is -2.20. The normalized spacial score (nSPS) is 10.0. The zero-order valence-corrected chi connectivity index (χ0v) is 11.5. The van der Waals surface area contributed by atoms with Crippen LogP contribution in [0.15, 0.2) is 36.7 Å². The molecule has 0 fully saturated rings. The van der Waals surface area contributed by atoms with Gasteiger partial charge in [0.05, 0.1) is 7.11 Å². The molecule has 0 aliphatic heterocycles. The number of nitrogens with two attached hydrogens (primary N) is 1. The molecular weight excluding hydrogens is 260 g/mol. The summed E-state index contributed by atoms with van der Waals surface area (Å²) < 4.78 is 5.13. The lowest BCUT2D eigenvalue weighted by atomic mass is 10.2. The van der Waals surface area contributed by atoms with Gasteiger partial charge in [-0.05, 0) is 24.3 Å². The molecular formula is C13H14N4OS. The van der Waals surface area contributed by atoms with Crippen molar-refractivity contribution in [1.82, 2.24) is 9.97 Å². The number of hydrogen-bond acceptors (Lipinski definition) is 5. The van der Waals surface area contributed by atoms with Crippen LogP contribution in [0.2, 0.25) is 0 Å². The van der Waals surface area contributed by atoms with E-state index in [9.17, 15) is 0 Å². The molecule has 0 amide bonds. The third kappa shape index (κ3) is 2.79. The largest absolute Gasteiger partial charge is 0.497 e. The molecule has 0 radical (unpaired) electrons. The molecule has 0 spiro atoms. The van der Waals surface area contributed by atoms with Crippen molar-refractivity contribution in [1.29, 1.82) is 0 Å². The SMILES string of the molecule is COc1ccc(N(C)c2nccnc2C(N)=S)cc1. The fourth-order valence-electron chi connectivity index (χ4n) is 1.68. The molecule has 2 rings (SSSR count). The maximum atomic E-state index is 5.66. The Bertz CT molecular complexity index is 585. The van der Waals surface area contributed by atoms with Gasteiger partial charge in [0.2, 0.25) is 0 Å². The van der Waals surface area contributed by atoms with E-state index in [0.29, 0.717) is 11.5 Å². The van der Waals surface area contributed by atoms with Crippen LogP contribution in [-0.2, 0) is 0 Å². The maximum absolute atomic E-state index is 5.66. The van der Waals surface area contributed by atoms with E-state index in [4.69, 9.17) is 22.7 Å². The molecule has 1 heterocycles. The molecule has 1 aromatic carbocycles. The van der Waals surface area contributed by atoms with Crippen LogP contribution in [0.1, 0.15) is 5.69 Å². The van der Waals surface area contributed by atoms with Crippen molar-refractivity contribution in [3.63, 3.8) is 0 Å². The Morgan fingerprint density at radius 2 is 1.84 bits per heavy atom. The van der Waals surface area contributed by atoms with Crippen LogP contribution >= 0.6 is 12.2 Å². The number of nitrogens with zero attached hydrogens (tertiary/aromatic N) is 3. The first-order chi connectivity index (χ1) is 9.13. The summed E-state index contributed by atoms with van der Waals surface area (Å²) in [4.78, 5) is 10.5. The average Bonchev–Trinajstić information content (AvgIpc) is 2.46. The minimum Gasteiger partial charge on any atom is -0.497 e. The van der Waals surface area contributed by atoms with E-state index in [0.717, 1.165) is 11.4 Å². The molecule has 2 aromatic rings. The first-order valence-electron chi connectivity index (χ1n) is 5.62. The van der Waals surface area contributed by atoms with Gasteiger partial charge in [0.25, 0.3) is 0 Å². The summed E-state index contributed by atoms with van der Waals surface area (Å²) in [6, 6.07) is 7.61. The monoisotopic (exact) mass is 274 g/mol. The van der Waals surface area contributed by atoms with Gasteiger partial charge in [-0.1, -0.05) is 12.2 Å². The van der Waals surface area contributed by atoms with Crippen molar-refractivity contribution < 1.29 is 4.74 Å². The van der Waals surface area contributed by atoms with Gasteiger partial charge >= 0.3 is 0 Å². The number of benzene rings is 1. The quantitative estimate of drug-likeness (QED) is 0.859. The topological polar surface area (TPSA) is 64.3 Å². The Morgan fingerprint density at radius 3 is 2.42 bits per heavy atom. The van der Waals surface area contributed by atoms with E-state index >= 15 is 0 Å². The van der Waals surface area contributed by atoms with Crippen LogP contribution < -0.4 is 15.4 Å². The molecule has 1 aromatic heterocycles. The predicted octanol–water partition coefficient (Wildman–Crippen LogP) is 1.89. The maximum Gasteiger partial charge on any atom is 0.161 e. The molecule has 6 heteroatoms. The van der Waals surface area contributed by atoms with Gasteiger partial charge in [0, 0.05) is 25.1 Å². The van der Waals surface area contributed by atoms with Gasteiger partial charge in [0.1, 0.15) is 16.4 Å². The third-order valence-corrected chi connectivity index (χ3v) is 2.88. The molecule has 0 atom stereocenters.